The molecule has 142 valence electrons. The van der Waals surface area contributed by atoms with E-state index >= 15 is 0 Å². The van der Waals surface area contributed by atoms with Crippen LogP contribution in [0.1, 0.15) is 27.3 Å². The molecule has 0 saturated heterocycles. The summed E-state index contributed by atoms with van der Waals surface area (Å²) in [6.07, 6.45) is 5.48. The molecule has 28 heavy (non-hydrogen) atoms. The molecule has 1 N–H and O–H groups in total. The Morgan fingerprint density at radius 1 is 1.07 bits per heavy atom. The van der Waals surface area contributed by atoms with Gasteiger partial charge in [-0.25, -0.2) is 9.97 Å². The number of nitrogens with zero attached hydrogens (tertiary/aromatic N) is 4. The molecule has 6 nitrogen and oxygen atoms in total. The molecule has 2 aromatic carbocycles. The minimum atomic E-state index is -0.0965. The Kier molecular flexibility index (Phi) is 4.69. The first-order valence-corrected chi connectivity index (χ1v) is 9.33. The maximum atomic E-state index is 12.5. The van der Waals surface area contributed by atoms with Crippen LogP contribution in [0.2, 0.25) is 0 Å². The van der Waals surface area contributed by atoms with Gasteiger partial charge in [-0.15, -0.1) is 0 Å². The van der Waals surface area contributed by atoms with Gasteiger partial charge in [0.15, 0.2) is 0 Å². The van der Waals surface area contributed by atoms with Crippen molar-refractivity contribution in [3.8, 4) is 5.69 Å². The molecule has 2 aromatic heterocycles. The summed E-state index contributed by atoms with van der Waals surface area (Å²) in [6, 6.07) is 12.0. The Morgan fingerprint density at radius 2 is 1.93 bits per heavy atom. The van der Waals surface area contributed by atoms with Crippen molar-refractivity contribution in [2.24, 2.45) is 0 Å². The molecule has 0 fully saturated rings. The Hall–Kier alpha value is -3.41. The van der Waals surface area contributed by atoms with Crippen LogP contribution in [-0.4, -0.2) is 31.6 Å². The third-order valence-corrected chi connectivity index (χ3v) is 4.98. The van der Waals surface area contributed by atoms with Gasteiger partial charge < -0.3 is 9.88 Å². The number of hydrogen-bond acceptors (Lipinski definition) is 3. The summed E-state index contributed by atoms with van der Waals surface area (Å²) in [5, 5.41) is 2.96. The van der Waals surface area contributed by atoms with Crippen molar-refractivity contribution in [2.75, 3.05) is 6.54 Å². The Balaban J connectivity index is 1.52. The van der Waals surface area contributed by atoms with Gasteiger partial charge in [-0.3, -0.25) is 9.36 Å². The average molecular weight is 373 g/mol. The molecule has 6 heteroatoms. The molecule has 1 amide bonds. The zero-order chi connectivity index (χ0) is 19.7. The fourth-order valence-electron chi connectivity index (χ4n) is 3.45. The van der Waals surface area contributed by atoms with Crippen molar-refractivity contribution in [3.05, 3.63) is 77.6 Å². The number of aromatic nitrogens is 4. The number of amides is 1. The SMILES string of the molecule is Cc1ccc(-n2cnc3cc(C(=O)NCCn4ccnc4C)ccc32)c(C)c1. The van der Waals surface area contributed by atoms with Crippen LogP contribution in [0.15, 0.2) is 55.1 Å². The number of rotatable bonds is 5. The van der Waals surface area contributed by atoms with Crippen LogP contribution in [0.25, 0.3) is 16.7 Å². The zero-order valence-electron chi connectivity index (χ0n) is 16.3. The molecule has 0 saturated carbocycles. The van der Waals surface area contributed by atoms with Crippen LogP contribution in [0.3, 0.4) is 0 Å². The molecule has 0 aliphatic heterocycles. The Labute approximate surface area is 163 Å². The lowest BCUT2D eigenvalue weighted by Crippen LogP contribution is -2.27. The quantitative estimate of drug-likeness (QED) is 0.582. The van der Waals surface area contributed by atoms with E-state index in [1.165, 1.54) is 11.1 Å². The third kappa shape index (κ3) is 3.41. The molecule has 0 bridgehead atoms. The van der Waals surface area contributed by atoms with Crippen molar-refractivity contribution >= 4 is 16.9 Å². The maximum absolute atomic E-state index is 12.5. The summed E-state index contributed by atoms with van der Waals surface area (Å²) < 4.78 is 4.07. The highest BCUT2D eigenvalue weighted by atomic mass is 16.1. The van der Waals surface area contributed by atoms with Crippen molar-refractivity contribution in [1.29, 1.82) is 0 Å². The second-order valence-corrected chi connectivity index (χ2v) is 7.03. The molecule has 0 aliphatic carbocycles. The first-order chi connectivity index (χ1) is 13.5. The van der Waals surface area contributed by atoms with E-state index in [1.54, 1.807) is 6.20 Å². The number of hydrogen-bond donors (Lipinski definition) is 1. The van der Waals surface area contributed by atoms with Crippen molar-refractivity contribution in [2.45, 2.75) is 27.3 Å². The molecular formula is C22H23N5O. The van der Waals surface area contributed by atoms with E-state index < -0.39 is 0 Å². The fourth-order valence-corrected chi connectivity index (χ4v) is 3.45. The van der Waals surface area contributed by atoms with Gasteiger partial charge in [0.1, 0.15) is 12.2 Å². The molecular weight excluding hydrogens is 350 g/mol. The fraction of sp³-hybridized carbons (Fsp3) is 0.227. The summed E-state index contributed by atoms with van der Waals surface area (Å²) >= 11 is 0. The first kappa shape index (κ1) is 18.0. The van der Waals surface area contributed by atoms with Crippen molar-refractivity contribution < 1.29 is 4.79 Å². The van der Waals surface area contributed by atoms with Crippen LogP contribution in [0.5, 0.6) is 0 Å². The largest absolute Gasteiger partial charge is 0.350 e. The standard InChI is InChI=1S/C22H23N5O/c1-15-4-6-20(16(2)12-15)27-14-25-19-13-18(5-7-21(19)27)22(28)24-9-11-26-10-8-23-17(26)3/h4-8,10,12-14H,9,11H2,1-3H3,(H,24,28). The number of carbonyl (C=O) groups is 1. The molecule has 0 aliphatic rings. The summed E-state index contributed by atoms with van der Waals surface area (Å²) in [5.74, 6) is 0.841. The van der Waals surface area contributed by atoms with Crippen molar-refractivity contribution in [3.63, 3.8) is 0 Å². The summed E-state index contributed by atoms with van der Waals surface area (Å²) in [4.78, 5) is 21.2. The van der Waals surface area contributed by atoms with Gasteiger partial charge in [-0.05, 0) is 50.6 Å². The predicted molar refractivity (Wildman–Crippen MR) is 110 cm³/mol. The zero-order valence-corrected chi connectivity index (χ0v) is 16.3. The molecule has 4 rings (SSSR count). The van der Waals surface area contributed by atoms with E-state index in [1.807, 2.05) is 42.2 Å². The molecule has 0 atom stereocenters. The van der Waals surface area contributed by atoms with E-state index in [-0.39, 0.29) is 5.91 Å². The second kappa shape index (κ2) is 7.31. The topological polar surface area (TPSA) is 64.7 Å². The molecule has 2 heterocycles. The molecule has 0 spiro atoms. The lowest BCUT2D eigenvalue weighted by molar-refractivity contribution is 0.0952. The number of imidazole rings is 2. The number of benzene rings is 2. The molecule has 0 unspecified atom stereocenters. The molecule has 4 aromatic rings. The number of nitrogens with one attached hydrogen (secondary N) is 1. The van der Waals surface area contributed by atoms with Crippen molar-refractivity contribution in [1.82, 2.24) is 24.4 Å². The summed E-state index contributed by atoms with van der Waals surface area (Å²) in [5.41, 5.74) is 5.92. The second-order valence-electron chi connectivity index (χ2n) is 7.03. The van der Waals surface area contributed by atoms with E-state index in [2.05, 4.69) is 51.9 Å². The highest BCUT2D eigenvalue weighted by Gasteiger charge is 2.11. The van der Waals surface area contributed by atoms with Crippen LogP contribution in [0, 0.1) is 20.8 Å². The summed E-state index contributed by atoms with van der Waals surface area (Å²) in [6.45, 7) is 7.37. The number of carbonyl (C=O) groups excluding carboxylic acids is 1. The van der Waals surface area contributed by atoms with Crippen LogP contribution < -0.4 is 5.32 Å². The van der Waals surface area contributed by atoms with Gasteiger partial charge in [-0.1, -0.05) is 17.7 Å². The van der Waals surface area contributed by atoms with Gasteiger partial charge in [0.2, 0.25) is 0 Å². The van der Waals surface area contributed by atoms with Gasteiger partial charge in [0, 0.05) is 31.0 Å². The van der Waals surface area contributed by atoms with Crippen LogP contribution in [0.4, 0.5) is 0 Å². The minimum absolute atomic E-state index is 0.0965. The number of fused-ring (bicyclic) bond motifs is 1. The first-order valence-electron chi connectivity index (χ1n) is 9.33. The monoisotopic (exact) mass is 373 g/mol. The lowest BCUT2D eigenvalue weighted by atomic mass is 10.1. The highest BCUT2D eigenvalue weighted by Crippen LogP contribution is 2.22. The van der Waals surface area contributed by atoms with E-state index in [0.717, 1.165) is 22.5 Å². The predicted octanol–water partition coefficient (Wildman–Crippen LogP) is 3.58. The number of aryl methyl sites for hydroxylation is 3. The van der Waals surface area contributed by atoms with Crippen LogP contribution >= 0.6 is 0 Å². The van der Waals surface area contributed by atoms with E-state index in [4.69, 9.17) is 0 Å². The van der Waals surface area contributed by atoms with Gasteiger partial charge in [-0.2, -0.15) is 0 Å². The minimum Gasteiger partial charge on any atom is -0.350 e. The maximum Gasteiger partial charge on any atom is 0.251 e. The highest BCUT2D eigenvalue weighted by molar-refractivity contribution is 5.97. The normalized spacial score (nSPS) is 11.1. The van der Waals surface area contributed by atoms with Gasteiger partial charge >= 0.3 is 0 Å². The average Bonchev–Trinajstić information content (AvgIpc) is 3.27. The van der Waals surface area contributed by atoms with Crippen LogP contribution in [-0.2, 0) is 6.54 Å². The van der Waals surface area contributed by atoms with E-state index in [0.29, 0.717) is 18.7 Å². The lowest BCUT2D eigenvalue weighted by Gasteiger charge is -2.10. The summed E-state index contributed by atoms with van der Waals surface area (Å²) in [7, 11) is 0. The van der Waals surface area contributed by atoms with Gasteiger partial charge in [0.05, 0.1) is 16.7 Å². The van der Waals surface area contributed by atoms with Gasteiger partial charge in [0.25, 0.3) is 5.91 Å². The van der Waals surface area contributed by atoms with E-state index in [9.17, 15) is 4.79 Å². The Morgan fingerprint density at radius 3 is 2.68 bits per heavy atom. The third-order valence-electron chi connectivity index (χ3n) is 4.98. The smallest absolute Gasteiger partial charge is 0.251 e. The Bertz CT molecular complexity index is 1150. The molecule has 0 radical (unpaired) electrons.